The molecule has 1 aliphatic rings. The molecule has 2 amide bonds. The maximum Gasteiger partial charge on any atom is 0.253 e. The Hall–Kier alpha value is -3.02. The van der Waals surface area contributed by atoms with Crippen molar-refractivity contribution in [2.24, 2.45) is 5.92 Å². The van der Waals surface area contributed by atoms with E-state index in [9.17, 15) is 9.59 Å². The topological polar surface area (TPSA) is 67.9 Å². The minimum atomic E-state index is -0.201. The van der Waals surface area contributed by atoms with Gasteiger partial charge in [-0.1, -0.05) is 23.3 Å². The lowest BCUT2D eigenvalue weighted by Gasteiger charge is -2.32. The summed E-state index contributed by atoms with van der Waals surface area (Å²) in [6.07, 6.45) is 1.61. The quantitative estimate of drug-likeness (QED) is 0.733. The van der Waals surface area contributed by atoms with Gasteiger partial charge in [-0.25, -0.2) is 0 Å². The molecule has 0 radical (unpaired) electrons. The lowest BCUT2D eigenvalue weighted by Crippen LogP contribution is -2.45. The van der Waals surface area contributed by atoms with Gasteiger partial charge in [-0.15, -0.1) is 0 Å². The number of likely N-dealkylation sites (tertiary alicyclic amines) is 1. The monoisotopic (exact) mass is 424 g/mol. The maximum atomic E-state index is 13.0. The van der Waals surface area contributed by atoms with E-state index in [-0.39, 0.29) is 17.7 Å². The second-order valence-corrected chi connectivity index (χ2v) is 8.10. The molecule has 6 nitrogen and oxygen atoms in total. The van der Waals surface area contributed by atoms with E-state index < -0.39 is 0 Å². The molecule has 0 unspecified atom stereocenters. The summed E-state index contributed by atoms with van der Waals surface area (Å²) in [6, 6.07) is 11.5. The van der Waals surface area contributed by atoms with Crippen molar-refractivity contribution in [2.75, 3.05) is 26.8 Å². The van der Waals surface area contributed by atoms with Crippen molar-refractivity contribution in [3.63, 3.8) is 0 Å². The average Bonchev–Trinajstić information content (AvgIpc) is 2.76. The molecule has 1 aliphatic heterocycles. The number of aryl methyl sites for hydroxylation is 2. The van der Waals surface area contributed by atoms with E-state index >= 15 is 0 Å². The standard InChI is InChI=1S/C25H32N2O4/c1-5-31-23-14-19(8-9-22(23)30-4)15-26-24(28)20-7-6-10-27(16-20)25(29)21-12-17(2)11-18(3)13-21/h8-9,11-14,20H,5-7,10,15-16H2,1-4H3,(H,26,28)/t20-/m1/s1. The maximum absolute atomic E-state index is 13.0. The minimum absolute atomic E-state index is 0.000751. The number of nitrogens with zero attached hydrogens (tertiary/aromatic N) is 1. The number of carbonyl (C=O) groups excluding carboxylic acids is 2. The van der Waals surface area contributed by atoms with Gasteiger partial charge >= 0.3 is 0 Å². The van der Waals surface area contributed by atoms with Gasteiger partial charge in [-0.2, -0.15) is 0 Å². The zero-order chi connectivity index (χ0) is 22.4. The summed E-state index contributed by atoms with van der Waals surface area (Å²) in [7, 11) is 1.60. The number of amides is 2. The normalized spacial score (nSPS) is 16.0. The highest BCUT2D eigenvalue weighted by atomic mass is 16.5. The van der Waals surface area contributed by atoms with E-state index in [0.29, 0.717) is 43.3 Å². The van der Waals surface area contributed by atoms with Crippen LogP contribution in [0.2, 0.25) is 0 Å². The molecule has 3 rings (SSSR count). The molecule has 2 aromatic rings. The predicted molar refractivity (Wildman–Crippen MR) is 121 cm³/mol. The van der Waals surface area contributed by atoms with Gasteiger partial charge in [0.25, 0.3) is 5.91 Å². The number of carbonyl (C=O) groups is 2. The third-order valence-corrected chi connectivity index (χ3v) is 5.54. The molecule has 166 valence electrons. The molecule has 0 spiro atoms. The minimum Gasteiger partial charge on any atom is -0.493 e. The Labute approximate surface area is 184 Å². The van der Waals surface area contributed by atoms with Gasteiger partial charge in [0.15, 0.2) is 11.5 Å². The molecule has 1 fully saturated rings. The molecule has 1 heterocycles. The van der Waals surface area contributed by atoms with Crippen LogP contribution in [0.1, 0.15) is 46.8 Å². The molecule has 6 heteroatoms. The molecule has 0 saturated carbocycles. The van der Waals surface area contributed by atoms with Gasteiger partial charge < -0.3 is 19.7 Å². The first-order valence-electron chi connectivity index (χ1n) is 10.9. The fourth-order valence-electron chi connectivity index (χ4n) is 4.09. The summed E-state index contributed by atoms with van der Waals surface area (Å²) in [6.45, 7) is 7.99. The molecule has 1 N–H and O–H groups in total. The molecule has 2 aromatic carbocycles. The Kier molecular flexibility index (Phi) is 7.55. The molecule has 0 aliphatic carbocycles. The summed E-state index contributed by atoms with van der Waals surface area (Å²) in [5.41, 5.74) is 3.78. The van der Waals surface area contributed by atoms with Gasteiger partial charge in [-0.05, 0) is 63.4 Å². The van der Waals surface area contributed by atoms with Crippen LogP contribution in [-0.4, -0.2) is 43.5 Å². The summed E-state index contributed by atoms with van der Waals surface area (Å²) < 4.78 is 10.9. The largest absolute Gasteiger partial charge is 0.493 e. The van der Waals surface area contributed by atoms with Crippen LogP contribution in [0.25, 0.3) is 0 Å². The first kappa shape index (κ1) is 22.7. The van der Waals surface area contributed by atoms with Crippen molar-refractivity contribution in [3.8, 4) is 11.5 Å². The number of methoxy groups -OCH3 is 1. The van der Waals surface area contributed by atoms with Crippen molar-refractivity contribution < 1.29 is 19.1 Å². The first-order chi connectivity index (χ1) is 14.9. The Morgan fingerprint density at radius 1 is 1.10 bits per heavy atom. The lowest BCUT2D eigenvalue weighted by molar-refractivity contribution is -0.126. The number of benzene rings is 2. The third kappa shape index (κ3) is 5.78. The van der Waals surface area contributed by atoms with Gasteiger partial charge in [0.2, 0.25) is 5.91 Å². The summed E-state index contributed by atoms with van der Waals surface area (Å²) in [4.78, 5) is 27.6. The zero-order valence-corrected chi connectivity index (χ0v) is 18.9. The van der Waals surface area contributed by atoms with E-state index in [4.69, 9.17) is 9.47 Å². The Bertz CT molecular complexity index is 921. The highest BCUT2D eigenvalue weighted by Crippen LogP contribution is 2.28. The third-order valence-electron chi connectivity index (χ3n) is 5.54. The van der Waals surface area contributed by atoms with E-state index in [1.54, 1.807) is 7.11 Å². The molecule has 1 atom stereocenters. The lowest BCUT2D eigenvalue weighted by atomic mass is 9.96. The summed E-state index contributed by atoms with van der Waals surface area (Å²) in [5, 5.41) is 3.02. The fraction of sp³-hybridized carbons (Fsp3) is 0.440. The van der Waals surface area contributed by atoms with Gasteiger partial charge in [0.05, 0.1) is 19.6 Å². The van der Waals surface area contributed by atoms with Crippen molar-refractivity contribution in [2.45, 2.75) is 40.2 Å². The molecule has 31 heavy (non-hydrogen) atoms. The highest BCUT2D eigenvalue weighted by molar-refractivity contribution is 5.95. The Morgan fingerprint density at radius 3 is 2.52 bits per heavy atom. The van der Waals surface area contributed by atoms with Crippen LogP contribution in [-0.2, 0) is 11.3 Å². The molecule has 1 saturated heterocycles. The first-order valence-corrected chi connectivity index (χ1v) is 10.9. The Balaban J connectivity index is 1.61. The van der Waals surface area contributed by atoms with E-state index in [2.05, 4.69) is 11.4 Å². The van der Waals surface area contributed by atoms with Gasteiger partial charge in [-0.3, -0.25) is 9.59 Å². The summed E-state index contributed by atoms with van der Waals surface area (Å²) >= 11 is 0. The van der Waals surface area contributed by atoms with E-state index in [0.717, 1.165) is 29.5 Å². The van der Waals surface area contributed by atoms with Crippen molar-refractivity contribution in [3.05, 3.63) is 58.7 Å². The van der Waals surface area contributed by atoms with Crippen LogP contribution in [0.4, 0.5) is 0 Å². The number of nitrogens with one attached hydrogen (secondary N) is 1. The molecule has 0 aromatic heterocycles. The summed E-state index contributed by atoms with van der Waals surface area (Å²) in [5.74, 6) is 1.12. The van der Waals surface area contributed by atoms with Crippen LogP contribution in [0.5, 0.6) is 11.5 Å². The molecular weight excluding hydrogens is 392 g/mol. The van der Waals surface area contributed by atoms with Gasteiger partial charge in [0.1, 0.15) is 0 Å². The Morgan fingerprint density at radius 2 is 1.84 bits per heavy atom. The van der Waals surface area contributed by atoms with Crippen LogP contribution in [0.3, 0.4) is 0 Å². The number of hydrogen-bond donors (Lipinski definition) is 1. The van der Waals surface area contributed by atoms with Crippen molar-refractivity contribution in [1.82, 2.24) is 10.2 Å². The number of ether oxygens (including phenoxy) is 2. The number of piperidine rings is 1. The average molecular weight is 425 g/mol. The number of rotatable bonds is 7. The number of hydrogen-bond acceptors (Lipinski definition) is 4. The van der Waals surface area contributed by atoms with Crippen molar-refractivity contribution in [1.29, 1.82) is 0 Å². The fourth-order valence-corrected chi connectivity index (χ4v) is 4.09. The van der Waals surface area contributed by atoms with Gasteiger partial charge in [0, 0.05) is 25.2 Å². The SMILES string of the molecule is CCOc1cc(CNC(=O)[C@@H]2CCCN(C(=O)c3cc(C)cc(C)c3)C2)ccc1OC. The van der Waals surface area contributed by atoms with Crippen LogP contribution in [0.15, 0.2) is 36.4 Å². The van der Waals surface area contributed by atoms with E-state index in [1.807, 2.05) is 56.0 Å². The zero-order valence-electron chi connectivity index (χ0n) is 18.9. The van der Waals surface area contributed by atoms with Crippen LogP contribution >= 0.6 is 0 Å². The molecular formula is C25H32N2O4. The van der Waals surface area contributed by atoms with Crippen LogP contribution < -0.4 is 14.8 Å². The second-order valence-electron chi connectivity index (χ2n) is 8.10. The second kappa shape index (κ2) is 10.3. The van der Waals surface area contributed by atoms with Crippen LogP contribution in [0, 0.1) is 19.8 Å². The predicted octanol–water partition coefficient (Wildman–Crippen LogP) is 3.88. The smallest absolute Gasteiger partial charge is 0.253 e. The molecule has 0 bridgehead atoms. The van der Waals surface area contributed by atoms with Crippen molar-refractivity contribution >= 4 is 11.8 Å². The van der Waals surface area contributed by atoms with E-state index in [1.165, 1.54) is 0 Å². The highest BCUT2D eigenvalue weighted by Gasteiger charge is 2.29.